The normalized spacial score (nSPS) is 14.9. The number of aromatic nitrogens is 4. The van der Waals surface area contributed by atoms with Crippen LogP contribution in [-0.2, 0) is 24.2 Å². The molecule has 0 aromatic carbocycles. The molecule has 9 heteroatoms. The summed E-state index contributed by atoms with van der Waals surface area (Å²) in [5.41, 5.74) is 4.36. The van der Waals surface area contributed by atoms with E-state index >= 15 is 0 Å². The summed E-state index contributed by atoms with van der Waals surface area (Å²) < 4.78 is 7.44. The van der Waals surface area contributed by atoms with Crippen molar-refractivity contribution < 1.29 is 9.53 Å². The third-order valence-electron chi connectivity index (χ3n) is 5.45. The second-order valence-corrected chi connectivity index (χ2v) is 8.49. The zero-order valence-electron chi connectivity index (χ0n) is 17.7. The Morgan fingerprint density at radius 1 is 1.30 bits per heavy atom. The quantitative estimate of drug-likeness (QED) is 0.600. The molecule has 1 fully saturated rings. The van der Waals surface area contributed by atoms with E-state index in [9.17, 15) is 4.79 Å². The minimum Gasteiger partial charge on any atom is -0.381 e. The highest BCUT2D eigenvalue weighted by Crippen LogP contribution is 2.31. The van der Waals surface area contributed by atoms with Crippen molar-refractivity contribution in [1.29, 1.82) is 0 Å². The molecule has 0 unspecified atom stereocenters. The smallest absolute Gasteiger partial charge is 0.271 e. The summed E-state index contributed by atoms with van der Waals surface area (Å²) in [5.74, 6) is -0.164. The largest absolute Gasteiger partial charge is 0.381 e. The molecule has 3 aromatic heterocycles. The molecule has 1 aliphatic rings. The van der Waals surface area contributed by atoms with Gasteiger partial charge in [-0.25, -0.2) is 14.6 Å². The molecule has 0 radical (unpaired) electrons. The van der Waals surface area contributed by atoms with Crippen molar-refractivity contribution in [2.24, 2.45) is 0 Å². The monoisotopic (exact) mass is 428 g/mol. The summed E-state index contributed by atoms with van der Waals surface area (Å²) in [6.07, 6.45) is 4.56. The molecule has 0 aliphatic carbocycles. The molecule has 3 aromatic rings. The lowest BCUT2D eigenvalue weighted by atomic mass is 10.0. The fraction of sp³-hybridized carbons (Fsp3) is 0.524. The Morgan fingerprint density at radius 3 is 2.77 bits per heavy atom. The van der Waals surface area contributed by atoms with Crippen molar-refractivity contribution in [3.05, 3.63) is 33.5 Å². The van der Waals surface area contributed by atoms with Gasteiger partial charge >= 0.3 is 0 Å². The summed E-state index contributed by atoms with van der Waals surface area (Å²) in [6.45, 7) is 8.73. The Labute approximate surface area is 180 Å². The van der Waals surface area contributed by atoms with Gasteiger partial charge in [0, 0.05) is 49.0 Å². The van der Waals surface area contributed by atoms with E-state index in [4.69, 9.17) is 9.72 Å². The van der Waals surface area contributed by atoms with E-state index in [-0.39, 0.29) is 5.91 Å². The fourth-order valence-electron chi connectivity index (χ4n) is 3.83. The Balaban J connectivity index is 1.69. The number of hydrogen-bond donors (Lipinski definition) is 2. The molecule has 1 saturated heterocycles. The van der Waals surface area contributed by atoms with Crippen LogP contribution in [-0.4, -0.2) is 44.9 Å². The van der Waals surface area contributed by atoms with Crippen LogP contribution in [0.15, 0.2) is 11.6 Å². The van der Waals surface area contributed by atoms with Crippen molar-refractivity contribution in [2.75, 3.05) is 18.5 Å². The Kier molecular flexibility index (Phi) is 6.29. The van der Waals surface area contributed by atoms with Gasteiger partial charge in [0.05, 0.1) is 22.3 Å². The lowest BCUT2D eigenvalue weighted by molar-refractivity contribution is 0.0904. The Hall–Kier alpha value is -2.52. The van der Waals surface area contributed by atoms with Crippen molar-refractivity contribution in [3.63, 3.8) is 0 Å². The number of fused-ring (bicyclic) bond motifs is 1. The lowest BCUT2D eigenvalue weighted by Gasteiger charge is -2.26. The average molecular weight is 429 g/mol. The summed E-state index contributed by atoms with van der Waals surface area (Å²) in [4.78, 5) is 21.8. The van der Waals surface area contributed by atoms with Crippen LogP contribution in [0.25, 0.3) is 11.0 Å². The van der Waals surface area contributed by atoms with Gasteiger partial charge in [-0.1, -0.05) is 6.92 Å². The molecular weight excluding hydrogens is 400 g/mol. The average Bonchev–Trinajstić information content (AvgIpc) is 3.39. The van der Waals surface area contributed by atoms with Crippen LogP contribution in [0, 0.1) is 6.92 Å². The molecule has 0 spiro atoms. The van der Waals surface area contributed by atoms with Crippen LogP contribution in [0.4, 0.5) is 5.69 Å². The van der Waals surface area contributed by atoms with Gasteiger partial charge in [0.1, 0.15) is 5.69 Å². The van der Waals surface area contributed by atoms with Crippen LogP contribution in [0.3, 0.4) is 0 Å². The minimum absolute atomic E-state index is 0.164. The van der Waals surface area contributed by atoms with Crippen molar-refractivity contribution >= 4 is 34.0 Å². The first-order chi connectivity index (χ1) is 14.6. The zero-order chi connectivity index (χ0) is 21.1. The molecule has 1 amide bonds. The van der Waals surface area contributed by atoms with Gasteiger partial charge < -0.3 is 15.4 Å². The predicted molar refractivity (Wildman–Crippen MR) is 118 cm³/mol. The molecule has 8 nitrogen and oxygen atoms in total. The van der Waals surface area contributed by atoms with Crippen molar-refractivity contribution in [3.8, 4) is 0 Å². The summed E-state index contributed by atoms with van der Waals surface area (Å²) in [7, 11) is 0. The van der Waals surface area contributed by atoms with Crippen LogP contribution in [0.1, 0.15) is 53.4 Å². The van der Waals surface area contributed by atoms with Gasteiger partial charge in [0.2, 0.25) is 0 Å². The molecule has 4 heterocycles. The van der Waals surface area contributed by atoms with E-state index in [0.717, 1.165) is 72.0 Å². The number of nitrogens with zero attached hydrogens (tertiary/aromatic N) is 4. The van der Waals surface area contributed by atoms with Gasteiger partial charge in [-0.3, -0.25) is 4.79 Å². The van der Waals surface area contributed by atoms with Crippen LogP contribution in [0.2, 0.25) is 0 Å². The number of rotatable bonds is 7. The maximum atomic E-state index is 12.6. The van der Waals surface area contributed by atoms with Gasteiger partial charge in [0.25, 0.3) is 5.91 Å². The number of nitrogens with one attached hydrogen (secondary N) is 2. The second-order valence-electron chi connectivity index (χ2n) is 7.43. The minimum atomic E-state index is -0.164. The van der Waals surface area contributed by atoms with Crippen LogP contribution in [0.5, 0.6) is 0 Å². The number of carbonyl (C=O) groups is 1. The maximum absolute atomic E-state index is 12.6. The van der Waals surface area contributed by atoms with E-state index in [0.29, 0.717) is 18.3 Å². The third-order valence-corrected chi connectivity index (χ3v) is 6.23. The molecule has 0 atom stereocenters. The number of aryl methyl sites for hydroxylation is 3. The van der Waals surface area contributed by atoms with E-state index in [1.54, 1.807) is 5.38 Å². The van der Waals surface area contributed by atoms with Gasteiger partial charge in [-0.15, -0.1) is 11.3 Å². The molecule has 0 bridgehead atoms. The number of thiazole rings is 1. The first-order valence-electron chi connectivity index (χ1n) is 10.5. The number of ether oxygens (including phenoxy) is 1. The van der Waals surface area contributed by atoms with Crippen molar-refractivity contribution in [1.82, 2.24) is 25.1 Å². The molecule has 2 N–H and O–H groups in total. The van der Waals surface area contributed by atoms with E-state index in [1.165, 1.54) is 11.3 Å². The lowest BCUT2D eigenvalue weighted by Crippen LogP contribution is -2.30. The van der Waals surface area contributed by atoms with Gasteiger partial charge in [0.15, 0.2) is 5.65 Å². The molecule has 4 rings (SSSR count). The van der Waals surface area contributed by atoms with Gasteiger partial charge in [-0.2, -0.15) is 5.10 Å². The highest BCUT2D eigenvalue weighted by molar-refractivity contribution is 7.09. The number of hydrogen-bond acceptors (Lipinski definition) is 7. The number of amides is 1. The number of anilines is 1. The first-order valence-corrected chi connectivity index (χ1v) is 11.4. The molecule has 1 aliphatic heterocycles. The molecular formula is C21H28N6O2S. The molecule has 0 saturated carbocycles. The Morgan fingerprint density at radius 2 is 2.10 bits per heavy atom. The molecule has 160 valence electrons. The summed E-state index contributed by atoms with van der Waals surface area (Å²) >= 11 is 1.48. The summed E-state index contributed by atoms with van der Waals surface area (Å²) in [6, 6.07) is 0.328. The zero-order valence-corrected chi connectivity index (χ0v) is 18.5. The second kappa shape index (κ2) is 9.09. The maximum Gasteiger partial charge on any atom is 0.271 e. The first kappa shape index (κ1) is 20.7. The number of carbonyl (C=O) groups excluding carboxylic acids is 1. The third kappa shape index (κ3) is 4.17. The van der Waals surface area contributed by atoms with Crippen LogP contribution >= 0.6 is 11.3 Å². The highest BCUT2D eigenvalue weighted by Gasteiger charge is 2.22. The number of pyridine rings is 1. The molecule has 30 heavy (non-hydrogen) atoms. The van der Waals surface area contributed by atoms with E-state index < -0.39 is 0 Å². The van der Waals surface area contributed by atoms with Crippen LogP contribution < -0.4 is 10.6 Å². The highest BCUT2D eigenvalue weighted by atomic mass is 32.1. The Bertz CT molecular complexity index is 1040. The predicted octanol–water partition coefficient (Wildman–Crippen LogP) is 3.30. The fourth-order valence-corrected chi connectivity index (χ4v) is 4.42. The standard InChI is InChI=1S/C21H28N6O2S/c1-4-17-15(10-22-21(28)18-12-30-13(3)24-18)19(25-14-6-8-29-9-7-14)16-11-23-27(5-2)20(16)26-17/h11-12,14H,4-10H2,1-3H3,(H,22,28)(H,25,26). The SMILES string of the molecule is CCc1nc2c(cnn2CC)c(NC2CCOCC2)c1CNC(=O)c1csc(C)n1. The van der Waals surface area contributed by atoms with E-state index in [1.807, 2.05) is 17.8 Å². The van der Waals surface area contributed by atoms with Crippen molar-refractivity contribution in [2.45, 2.75) is 59.2 Å². The van der Waals surface area contributed by atoms with E-state index in [2.05, 4.69) is 34.6 Å². The summed E-state index contributed by atoms with van der Waals surface area (Å²) in [5, 5.41) is 15.0. The van der Waals surface area contributed by atoms with Gasteiger partial charge in [-0.05, 0) is 33.1 Å². The topological polar surface area (TPSA) is 94.0 Å².